The van der Waals surface area contributed by atoms with Gasteiger partial charge in [-0.1, -0.05) is 0 Å². The molecule has 2 N–H and O–H groups in total. The minimum absolute atomic E-state index is 0.0415. The molecule has 2 heterocycles. The number of furan rings is 1. The molecule has 2 aromatic rings. The van der Waals surface area contributed by atoms with Crippen LogP contribution in [0.5, 0.6) is 0 Å². The zero-order chi connectivity index (χ0) is 17.0. The Morgan fingerprint density at radius 3 is 2.74 bits per heavy atom. The molecule has 0 aliphatic rings. The molecule has 0 saturated carbocycles. The van der Waals surface area contributed by atoms with Crippen LogP contribution in [0.4, 0.5) is 0 Å². The van der Waals surface area contributed by atoms with E-state index in [1.807, 2.05) is 16.8 Å². The highest BCUT2D eigenvalue weighted by Gasteiger charge is 2.31. The molecule has 124 valence electrons. The maximum Gasteiger partial charge on any atom is 0.303 e. The molecule has 23 heavy (non-hydrogen) atoms. The topological polar surface area (TPSA) is 88.8 Å². The van der Waals surface area contributed by atoms with Crippen molar-refractivity contribution in [2.45, 2.75) is 32.5 Å². The Hall–Kier alpha value is -2.12. The van der Waals surface area contributed by atoms with Gasteiger partial charge in [0, 0.05) is 17.9 Å². The van der Waals surface area contributed by atoms with Crippen molar-refractivity contribution >= 4 is 23.2 Å². The van der Waals surface area contributed by atoms with Crippen LogP contribution in [0.2, 0.25) is 0 Å². The Labute approximate surface area is 138 Å². The van der Waals surface area contributed by atoms with Crippen molar-refractivity contribution < 1.29 is 23.8 Å². The van der Waals surface area contributed by atoms with Gasteiger partial charge in [-0.2, -0.15) is 11.3 Å². The van der Waals surface area contributed by atoms with Crippen LogP contribution in [0.1, 0.15) is 32.6 Å². The second-order valence-electron chi connectivity index (χ2n) is 5.54. The van der Waals surface area contributed by atoms with Gasteiger partial charge in [-0.15, -0.1) is 0 Å². The molecule has 0 aliphatic heterocycles. The van der Waals surface area contributed by atoms with Crippen LogP contribution in [-0.2, 0) is 14.3 Å². The predicted octanol–water partition coefficient (Wildman–Crippen LogP) is 2.50. The van der Waals surface area contributed by atoms with E-state index in [2.05, 4.69) is 5.32 Å². The molecule has 6 nitrogen and oxygen atoms in total. The molecule has 0 bridgehead atoms. The predicted molar refractivity (Wildman–Crippen MR) is 85.8 cm³/mol. The fraction of sp³-hybridized carbons (Fsp3) is 0.375. The quantitative estimate of drug-likeness (QED) is 0.791. The van der Waals surface area contributed by atoms with Crippen molar-refractivity contribution in [3.05, 3.63) is 34.7 Å². The van der Waals surface area contributed by atoms with Gasteiger partial charge in [-0.05, 0) is 37.4 Å². The molecule has 0 fully saturated rings. The number of hydrogen-bond acceptors (Lipinski definition) is 6. The van der Waals surface area contributed by atoms with Crippen LogP contribution < -0.4 is 5.32 Å². The maximum atomic E-state index is 12.0. The molecule has 2 rings (SSSR count). The van der Waals surface area contributed by atoms with Crippen LogP contribution in [0.25, 0.3) is 11.3 Å². The Morgan fingerprint density at radius 2 is 2.13 bits per heavy atom. The third-order valence-electron chi connectivity index (χ3n) is 3.16. The molecule has 7 heteroatoms. The van der Waals surface area contributed by atoms with Gasteiger partial charge in [-0.25, -0.2) is 0 Å². The van der Waals surface area contributed by atoms with Gasteiger partial charge in [0.25, 0.3) is 5.91 Å². The maximum absolute atomic E-state index is 12.0. The van der Waals surface area contributed by atoms with E-state index in [0.717, 1.165) is 5.56 Å². The lowest BCUT2D eigenvalue weighted by Crippen LogP contribution is -2.46. The zero-order valence-electron chi connectivity index (χ0n) is 13.2. The van der Waals surface area contributed by atoms with Crippen molar-refractivity contribution in [1.29, 1.82) is 0 Å². The molecule has 0 aliphatic carbocycles. The minimum atomic E-state index is -1.30. The van der Waals surface area contributed by atoms with Gasteiger partial charge in [0.05, 0.1) is 6.54 Å². The largest absolute Gasteiger partial charge is 0.458 e. The smallest absolute Gasteiger partial charge is 0.303 e. The summed E-state index contributed by atoms with van der Waals surface area (Å²) in [4.78, 5) is 23.0. The summed E-state index contributed by atoms with van der Waals surface area (Å²) in [5, 5.41) is 16.5. The van der Waals surface area contributed by atoms with E-state index < -0.39 is 23.6 Å². The summed E-state index contributed by atoms with van der Waals surface area (Å²) in [6.45, 7) is 4.16. The summed E-state index contributed by atoms with van der Waals surface area (Å²) in [7, 11) is 0. The highest BCUT2D eigenvalue weighted by atomic mass is 32.1. The number of aliphatic hydroxyl groups is 1. The summed E-state index contributed by atoms with van der Waals surface area (Å²) in [5.41, 5.74) is -0.357. The van der Waals surface area contributed by atoms with Crippen molar-refractivity contribution in [3.63, 3.8) is 0 Å². The first-order chi connectivity index (χ1) is 10.8. The van der Waals surface area contributed by atoms with Crippen molar-refractivity contribution in [2.24, 2.45) is 0 Å². The SMILES string of the molecule is CC(=O)OC(C)(C)C(=O)NC[C@@H](O)c1ccc(-c2ccsc2)o1. The lowest BCUT2D eigenvalue weighted by atomic mass is 10.1. The standard InChI is InChI=1S/C16H19NO5S/c1-10(18)22-16(2,3)15(20)17-8-12(19)14-5-4-13(21-14)11-6-7-23-9-11/h4-7,9,12,19H,8H2,1-3H3,(H,17,20)/t12-/m1/s1. The van der Waals surface area contributed by atoms with Crippen molar-refractivity contribution in [1.82, 2.24) is 5.32 Å². The summed E-state index contributed by atoms with van der Waals surface area (Å²) in [5.74, 6) is -0.0165. The Kier molecular flexibility index (Phi) is 5.23. The summed E-state index contributed by atoms with van der Waals surface area (Å²) in [6.07, 6.45) is -0.987. The van der Waals surface area contributed by atoms with Crippen LogP contribution in [0.15, 0.2) is 33.4 Å². The van der Waals surface area contributed by atoms with E-state index in [-0.39, 0.29) is 6.54 Å². The first kappa shape index (κ1) is 17.2. The average molecular weight is 337 g/mol. The van der Waals surface area contributed by atoms with E-state index in [9.17, 15) is 14.7 Å². The van der Waals surface area contributed by atoms with Gasteiger partial charge in [0.1, 0.15) is 17.6 Å². The monoisotopic (exact) mass is 337 g/mol. The lowest BCUT2D eigenvalue weighted by molar-refractivity contribution is -0.163. The van der Waals surface area contributed by atoms with Crippen molar-refractivity contribution in [3.8, 4) is 11.3 Å². The zero-order valence-corrected chi connectivity index (χ0v) is 14.0. The van der Waals surface area contributed by atoms with Crippen LogP contribution in [-0.4, -0.2) is 29.1 Å². The number of aliphatic hydroxyl groups excluding tert-OH is 1. The van der Waals surface area contributed by atoms with Crippen LogP contribution in [0, 0.1) is 0 Å². The van der Waals surface area contributed by atoms with Gasteiger partial charge in [-0.3, -0.25) is 9.59 Å². The van der Waals surface area contributed by atoms with Crippen LogP contribution >= 0.6 is 11.3 Å². The molecule has 2 aromatic heterocycles. The molecule has 0 unspecified atom stereocenters. The molecule has 0 radical (unpaired) electrons. The fourth-order valence-corrected chi connectivity index (χ4v) is 2.65. The van der Waals surface area contributed by atoms with E-state index >= 15 is 0 Å². The second-order valence-corrected chi connectivity index (χ2v) is 6.32. The number of nitrogens with one attached hydrogen (secondary N) is 1. The van der Waals surface area contributed by atoms with Gasteiger partial charge in [0.2, 0.25) is 0 Å². The van der Waals surface area contributed by atoms with Gasteiger partial charge in [0.15, 0.2) is 5.60 Å². The highest BCUT2D eigenvalue weighted by Crippen LogP contribution is 2.26. The third-order valence-corrected chi connectivity index (χ3v) is 3.85. The second kappa shape index (κ2) is 6.97. The summed E-state index contributed by atoms with van der Waals surface area (Å²) >= 11 is 1.55. The lowest BCUT2D eigenvalue weighted by Gasteiger charge is -2.23. The number of ether oxygens (including phenoxy) is 1. The molecule has 1 atom stereocenters. The molecular weight excluding hydrogens is 318 g/mol. The number of amides is 1. The number of thiophene rings is 1. The summed E-state index contributed by atoms with van der Waals surface area (Å²) in [6, 6.07) is 5.36. The number of esters is 1. The van der Waals surface area contributed by atoms with E-state index in [4.69, 9.17) is 9.15 Å². The number of rotatable bonds is 6. The fourth-order valence-electron chi connectivity index (χ4n) is 2.00. The minimum Gasteiger partial charge on any atom is -0.458 e. The Morgan fingerprint density at radius 1 is 1.39 bits per heavy atom. The van der Waals surface area contributed by atoms with Crippen molar-refractivity contribution in [2.75, 3.05) is 6.54 Å². The number of carbonyl (C=O) groups excluding carboxylic acids is 2. The van der Waals surface area contributed by atoms with E-state index in [0.29, 0.717) is 11.5 Å². The normalized spacial score (nSPS) is 12.7. The van der Waals surface area contributed by atoms with Gasteiger partial charge < -0.3 is 19.6 Å². The molecule has 0 saturated heterocycles. The average Bonchev–Trinajstić information content (AvgIpc) is 3.12. The molecule has 1 amide bonds. The molecule has 0 spiro atoms. The highest BCUT2D eigenvalue weighted by molar-refractivity contribution is 7.08. The van der Waals surface area contributed by atoms with E-state index in [1.165, 1.54) is 20.8 Å². The Balaban J connectivity index is 1.93. The van der Waals surface area contributed by atoms with E-state index in [1.54, 1.807) is 23.5 Å². The third kappa shape index (κ3) is 4.43. The Bertz CT molecular complexity index is 674. The molecule has 0 aromatic carbocycles. The number of hydrogen-bond donors (Lipinski definition) is 2. The number of carbonyl (C=O) groups is 2. The summed E-state index contributed by atoms with van der Waals surface area (Å²) < 4.78 is 10.5. The van der Waals surface area contributed by atoms with Gasteiger partial charge >= 0.3 is 5.97 Å². The van der Waals surface area contributed by atoms with Crippen LogP contribution in [0.3, 0.4) is 0 Å². The molecular formula is C16H19NO5S. The first-order valence-electron chi connectivity index (χ1n) is 7.08. The first-order valence-corrected chi connectivity index (χ1v) is 8.02.